The van der Waals surface area contributed by atoms with Crippen molar-refractivity contribution in [3.8, 4) is 5.75 Å². The maximum atomic E-state index is 11.5. The van der Waals surface area contributed by atoms with Gasteiger partial charge in [-0.2, -0.15) is 0 Å². The molecule has 1 aromatic carbocycles. The van der Waals surface area contributed by atoms with Crippen LogP contribution in [0.2, 0.25) is 0 Å². The van der Waals surface area contributed by atoms with Crippen molar-refractivity contribution in [1.29, 1.82) is 0 Å². The second-order valence-electron chi connectivity index (χ2n) is 8.24. The molecule has 146 valence electrons. The molecule has 0 heterocycles. The number of primary amides is 1. The highest BCUT2D eigenvalue weighted by atomic mass is 16.5. The first-order chi connectivity index (χ1) is 12.5. The number of amides is 1. The van der Waals surface area contributed by atoms with E-state index in [0.29, 0.717) is 18.4 Å². The molecule has 0 spiro atoms. The van der Waals surface area contributed by atoms with Gasteiger partial charge in [-0.25, -0.2) is 0 Å². The fourth-order valence-corrected chi connectivity index (χ4v) is 3.48. The number of carbonyl (C=O) groups excluding carboxylic acids is 1. The van der Waals surface area contributed by atoms with Gasteiger partial charge in [0.25, 0.3) is 0 Å². The lowest BCUT2D eigenvalue weighted by atomic mass is 9.90. The van der Waals surface area contributed by atoms with Gasteiger partial charge in [0.15, 0.2) is 0 Å². The van der Waals surface area contributed by atoms with Gasteiger partial charge in [-0.05, 0) is 55.4 Å². The van der Waals surface area contributed by atoms with Crippen molar-refractivity contribution >= 4 is 11.6 Å². The molecule has 0 radical (unpaired) electrons. The van der Waals surface area contributed by atoms with E-state index < -0.39 is 0 Å². The molecule has 4 nitrogen and oxygen atoms in total. The van der Waals surface area contributed by atoms with Gasteiger partial charge in [-0.15, -0.1) is 0 Å². The average molecular weight is 361 g/mol. The standard InChI is InChI=1S/C22H36N2O2/c1-17(2)13-14-24(15-18(3)22(23)25)20-9-11-21(12-10-20)26-16-19-7-5-4-6-8-19/h9-12,17-19H,4-8,13-16H2,1-3H3,(H2,23,25). The van der Waals surface area contributed by atoms with Crippen molar-refractivity contribution in [3.05, 3.63) is 24.3 Å². The van der Waals surface area contributed by atoms with Crippen molar-refractivity contribution in [2.24, 2.45) is 23.5 Å². The Labute approximate surface area is 159 Å². The van der Waals surface area contributed by atoms with Crippen molar-refractivity contribution in [1.82, 2.24) is 0 Å². The molecule has 2 N–H and O–H groups in total. The molecule has 1 amide bonds. The highest BCUT2D eigenvalue weighted by Gasteiger charge is 2.16. The van der Waals surface area contributed by atoms with Crippen LogP contribution in [-0.4, -0.2) is 25.6 Å². The van der Waals surface area contributed by atoms with E-state index in [2.05, 4.69) is 43.0 Å². The van der Waals surface area contributed by atoms with E-state index in [4.69, 9.17) is 10.5 Å². The van der Waals surface area contributed by atoms with Crippen LogP contribution in [0, 0.1) is 17.8 Å². The molecular formula is C22H36N2O2. The molecule has 1 aromatic rings. The third kappa shape index (κ3) is 6.89. The van der Waals surface area contributed by atoms with E-state index in [-0.39, 0.29) is 11.8 Å². The fourth-order valence-electron chi connectivity index (χ4n) is 3.48. The lowest BCUT2D eigenvalue weighted by Gasteiger charge is -2.28. The Hall–Kier alpha value is -1.71. The van der Waals surface area contributed by atoms with Crippen LogP contribution in [-0.2, 0) is 4.79 Å². The number of rotatable bonds is 10. The lowest BCUT2D eigenvalue weighted by Crippen LogP contribution is -2.35. The first-order valence-electron chi connectivity index (χ1n) is 10.2. The Morgan fingerprint density at radius 1 is 1.15 bits per heavy atom. The predicted molar refractivity (Wildman–Crippen MR) is 109 cm³/mol. The van der Waals surface area contributed by atoms with Crippen LogP contribution in [0.15, 0.2) is 24.3 Å². The number of nitrogens with two attached hydrogens (primary N) is 1. The van der Waals surface area contributed by atoms with E-state index >= 15 is 0 Å². The van der Waals surface area contributed by atoms with Crippen molar-refractivity contribution < 1.29 is 9.53 Å². The molecule has 2 rings (SSSR count). The van der Waals surface area contributed by atoms with Crippen LogP contribution in [0.5, 0.6) is 5.75 Å². The van der Waals surface area contributed by atoms with Gasteiger partial charge < -0.3 is 15.4 Å². The number of nitrogens with zero attached hydrogens (tertiary/aromatic N) is 1. The zero-order valence-electron chi connectivity index (χ0n) is 16.7. The van der Waals surface area contributed by atoms with Crippen molar-refractivity contribution in [2.45, 2.75) is 59.3 Å². The van der Waals surface area contributed by atoms with Gasteiger partial charge >= 0.3 is 0 Å². The van der Waals surface area contributed by atoms with E-state index in [1.807, 2.05) is 6.92 Å². The van der Waals surface area contributed by atoms with Gasteiger partial charge in [-0.3, -0.25) is 4.79 Å². The van der Waals surface area contributed by atoms with Crippen LogP contribution in [0.1, 0.15) is 59.3 Å². The minimum absolute atomic E-state index is 0.163. The number of hydrogen-bond donors (Lipinski definition) is 1. The fraction of sp³-hybridized carbons (Fsp3) is 0.682. The summed E-state index contributed by atoms with van der Waals surface area (Å²) in [5, 5.41) is 0. The summed E-state index contributed by atoms with van der Waals surface area (Å²) >= 11 is 0. The van der Waals surface area contributed by atoms with E-state index in [9.17, 15) is 4.79 Å². The maximum absolute atomic E-state index is 11.5. The number of carbonyl (C=O) groups is 1. The van der Waals surface area contributed by atoms with Gasteiger partial charge in [0.05, 0.1) is 12.5 Å². The smallest absolute Gasteiger partial charge is 0.222 e. The molecule has 1 saturated carbocycles. The molecule has 26 heavy (non-hydrogen) atoms. The average Bonchev–Trinajstić information content (AvgIpc) is 2.64. The van der Waals surface area contributed by atoms with Gasteiger partial charge in [0.2, 0.25) is 5.91 Å². The predicted octanol–water partition coefficient (Wildman–Crippen LogP) is 4.62. The van der Waals surface area contributed by atoms with Crippen molar-refractivity contribution in [2.75, 3.05) is 24.6 Å². The monoisotopic (exact) mass is 360 g/mol. The third-order valence-corrected chi connectivity index (χ3v) is 5.37. The number of benzene rings is 1. The summed E-state index contributed by atoms with van der Waals surface area (Å²) in [6.45, 7) is 8.75. The lowest BCUT2D eigenvalue weighted by molar-refractivity contribution is -0.121. The Kier molecular flexibility index (Phi) is 8.27. The largest absolute Gasteiger partial charge is 0.493 e. The Morgan fingerprint density at radius 2 is 1.81 bits per heavy atom. The molecule has 1 unspecified atom stereocenters. The summed E-state index contributed by atoms with van der Waals surface area (Å²) in [4.78, 5) is 13.7. The maximum Gasteiger partial charge on any atom is 0.222 e. The molecular weight excluding hydrogens is 324 g/mol. The zero-order valence-corrected chi connectivity index (χ0v) is 16.7. The summed E-state index contributed by atoms with van der Waals surface area (Å²) in [5.74, 6) is 1.87. The van der Waals surface area contributed by atoms with Gasteiger partial charge in [0, 0.05) is 18.8 Å². The Bertz CT molecular complexity index is 536. The minimum atomic E-state index is -0.244. The quantitative estimate of drug-likeness (QED) is 0.662. The molecule has 1 aliphatic carbocycles. The number of ether oxygens (including phenoxy) is 1. The molecule has 0 aromatic heterocycles. The summed E-state index contributed by atoms with van der Waals surface area (Å²) in [5.41, 5.74) is 6.60. The van der Waals surface area contributed by atoms with E-state index in [1.54, 1.807) is 0 Å². The van der Waals surface area contributed by atoms with Crippen LogP contribution < -0.4 is 15.4 Å². The second-order valence-corrected chi connectivity index (χ2v) is 8.24. The molecule has 1 aliphatic rings. The van der Waals surface area contributed by atoms with Crippen molar-refractivity contribution in [3.63, 3.8) is 0 Å². The highest BCUT2D eigenvalue weighted by molar-refractivity contribution is 5.77. The topological polar surface area (TPSA) is 55.6 Å². The zero-order chi connectivity index (χ0) is 18.9. The first kappa shape index (κ1) is 20.6. The van der Waals surface area contributed by atoms with E-state index in [1.165, 1.54) is 32.1 Å². The number of anilines is 1. The van der Waals surface area contributed by atoms with Gasteiger partial charge in [-0.1, -0.05) is 40.0 Å². The summed E-state index contributed by atoms with van der Waals surface area (Å²) in [7, 11) is 0. The minimum Gasteiger partial charge on any atom is -0.493 e. The molecule has 0 bridgehead atoms. The van der Waals surface area contributed by atoms with Crippen LogP contribution in [0.3, 0.4) is 0 Å². The molecule has 0 saturated heterocycles. The Morgan fingerprint density at radius 3 is 2.38 bits per heavy atom. The molecule has 1 atom stereocenters. The molecule has 4 heteroatoms. The summed E-state index contributed by atoms with van der Waals surface area (Å²) in [6, 6.07) is 8.30. The van der Waals surface area contributed by atoms with Crippen LogP contribution in [0.25, 0.3) is 0 Å². The van der Waals surface area contributed by atoms with E-state index in [0.717, 1.165) is 31.0 Å². The first-order valence-corrected chi connectivity index (χ1v) is 10.2. The van der Waals surface area contributed by atoms with Crippen LogP contribution >= 0.6 is 0 Å². The SMILES string of the molecule is CC(C)CCN(CC(C)C(N)=O)c1ccc(OCC2CCCCC2)cc1. The number of hydrogen-bond acceptors (Lipinski definition) is 3. The normalized spacial score (nSPS) is 16.5. The molecule has 0 aliphatic heterocycles. The second kappa shape index (κ2) is 10.4. The third-order valence-electron chi connectivity index (χ3n) is 5.37. The Balaban J connectivity index is 1.94. The summed E-state index contributed by atoms with van der Waals surface area (Å²) in [6.07, 6.45) is 7.75. The van der Waals surface area contributed by atoms with Gasteiger partial charge in [0.1, 0.15) is 5.75 Å². The highest BCUT2D eigenvalue weighted by Crippen LogP contribution is 2.26. The molecule has 1 fully saturated rings. The van der Waals surface area contributed by atoms with Crippen LogP contribution in [0.4, 0.5) is 5.69 Å². The summed E-state index contributed by atoms with van der Waals surface area (Å²) < 4.78 is 6.01.